The number of hydrogen-bond acceptors (Lipinski definition) is 10. The van der Waals surface area contributed by atoms with Crippen molar-refractivity contribution in [3.05, 3.63) is 93.9 Å². The fourth-order valence-corrected chi connectivity index (χ4v) is 4.74. The Morgan fingerprint density at radius 2 is 1.47 bits per heavy atom. The maximum absolute atomic E-state index is 14.0. The van der Waals surface area contributed by atoms with E-state index in [9.17, 15) is 32.3 Å². The first-order valence-electron chi connectivity index (χ1n) is 15.4. The smallest absolute Gasteiger partial charge is 0.416 e. The molecule has 0 aliphatic heterocycles. The molecule has 0 amide bonds. The first kappa shape index (κ1) is 36.7. The highest BCUT2D eigenvalue weighted by Crippen LogP contribution is 2.36. The summed E-state index contributed by atoms with van der Waals surface area (Å²) in [6.07, 6.45) is -4.17. The van der Waals surface area contributed by atoms with E-state index in [4.69, 9.17) is 14.2 Å². The third-order valence-electron chi connectivity index (χ3n) is 7.11. The molecule has 260 valence electrons. The quantitative estimate of drug-likeness (QED) is 0.103. The highest BCUT2D eigenvalue weighted by atomic mass is 19.4. The number of Topliss-reactive ketones (excluding diaryl/α,β-unsaturated/α-hetero) is 1. The topological polar surface area (TPSA) is 140 Å². The Morgan fingerprint density at radius 3 is 2.06 bits per heavy atom. The van der Waals surface area contributed by atoms with Crippen LogP contribution in [0, 0.1) is 5.41 Å². The van der Waals surface area contributed by atoms with Gasteiger partial charge in [0.1, 0.15) is 29.1 Å². The normalized spacial score (nSPS) is 12.4. The maximum atomic E-state index is 14.0. The summed E-state index contributed by atoms with van der Waals surface area (Å²) in [6.45, 7) is 9.17. The largest absolute Gasteiger partial charge is 0.489 e. The van der Waals surface area contributed by atoms with Crippen LogP contribution in [0.2, 0.25) is 0 Å². The Balaban J connectivity index is 1.64. The van der Waals surface area contributed by atoms with Gasteiger partial charge in [-0.3, -0.25) is 19.2 Å². The van der Waals surface area contributed by atoms with E-state index in [-0.39, 0.29) is 35.5 Å². The van der Waals surface area contributed by atoms with Gasteiger partial charge in [0, 0.05) is 24.7 Å². The molecule has 0 radical (unpaired) electrons. The number of hydrogen-bond donors (Lipinski definition) is 0. The molecule has 2 aromatic heterocycles. The van der Waals surface area contributed by atoms with Gasteiger partial charge in [0.25, 0.3) is 5.56 Å². The molecule has 0 atom stereocenters. The van der Waals surface area contributed by atoms with Gasteiger partial charge in [0.05, 0.1) is 5.56 Å². The van der Waals surface area contributed by atoms with Crippen molar-refractivity contribution < 1.29 is 41.8 Å². The first-order valence-corrected chi connectivity index (χ1v) is 15.4. The number of ketones is 1. The van der Waals surface area contributed by atoms with Crippen LogP contribution in [0.4, 0.5) is 13.2 Å². The van der Waals surface area contributed by atoms with Crippen LogP contribution in [-0.2, 0) is 38.4 Å². The molecule has 49 heavy (non-hydrogen) atoms. The number of aryl methyl sites for hydroxylation is 1. The zero-order valence-corrected chi connectivity index (χ0v) is 28.0. The van der Waals surface area contributed by atoms with Gasteiger partial charge in [-0.2, -0.15) is 13.2 Å². The van der Waals surface area contributed by atoms with E-state index in [1.807, 2.05) is 0 Å². The minimum atomic E-state index is -4.50. The summed E-state index contributed by atoms with van der Waals surface area (Å²) in [7, 11) is 0. The van der Waals surface area contributed by atoms with E-state index >= 15 is 0 Å². The molecule has 11 nitrogen and oxygen atoms in total. The van der Waals surface area contributed by atoms with Crippen LogP contribution in [-0.4, -0.2) is 48.9 Å². The number of esters is 2. The molecule has 0 aliphatic rings. The van der Waals surface area contributed by atoms with E-state index in [0.717, 1.165) is 16.8 Å². The zero-order valence-electron chi connectivity index (χ0n) is 28.0. The molecule has 0 unspecified atom stereocenters. The second-order valence-corrected chi connectivity index (χ2v) is 13.4. The molecule has 0 saturated carbocycles. The Labute approximate surface area is 280 Å². The fraction of sp³-hybridized carbons (Fsp3) is 0.400. The average Bonchev–Trinajstić information content (AvgIpc) is 3.01. The summed E-state index contributed by atoms with van der Waals surface area (Å²) in [5.74, 6) is -2.41. The van der Waals surface area contributed by atoms with Gasteiger partial charge in [-0.05, 0) is 102 Å². The Kier molecular flexibility index (Phi) is 10.6. The number of benzene rings is 2. The molecular formula is C35H37F3N4O7. The summed E-state index contributed by atoms with van der Waals surface area (Å²) in [5.41, 5.74) is -5.06. The van der Waals surface area contributed by atoms with Crippen molar-refractivity contribution in [2.75, 3.05) is 0 Å². The van der Waals surface area contributed by atoms with E-state index in [0.29, 0.717) is 5.56 Å². The minimum Gasteiger partial charge on any atom is -0.489 e. The van der Waals surface area contributed by atoms with E-state index in [1.165, 1.54) is 42.6 Å². The molecule has 14 heteroatoms. The Bertz CT molecular complexity index is 1860. The summed E-state index contributed by atoms with van der Waals surface area (Å²) in [4.78, 5) is 58.9. The van der Waals surface area contributed by atoms with Crippen molar-refractivity contribution in [3.63, 3.8) is 0 Å². The van der Waals surface area contributed by atoms with Crippen LogP contribution < -0.4 is 10.3 Å². The van der Waals surface area contributed by atoms with Crippen molar-refractivity contribution in [2.45, 2.75) is 84.9 Å². The number of aromatic nitrogens is 4. The number of carbonyl (C=O) groups excluding carboxylic acids is 3. The molecule has 0 aliphatic carbocycles. The van der Waals surface area contributed by atoms with Crippen molar-refractivity contribution in [1.29, 1.82) is 0 Å². The van der Waals surface area contributed by atoms with Crippen LogP contribution in [0.5, 0.6) is 5.75 Å². The van der Waals surface area contributed by atoms with Crippen LogP contribution >= 0.6 is 0 Å². The van der Waals surface area contributed by atoms with E-state index in [1.54, 1.807) is 53.7 Å². The number of halogens is 3. The van der Waals surface area contributed by atoms with Crippen LogP contribution in [0.25, 0.3) is 11.0 Å². The lowest BCUT2D eigenvalue weighted by Gasteiger charge is -2.34. The average molecular weight is 683 g/mol. The first-order chi connectivity index (χ1) is 22.8. The molecule has 4 rings (SSSR count). The third-order valence-corrected chi connectivity index (χ3v) is 7.11. The highest BCUT2D eigenvalue weighted by molar-refractivity contribution is 6.07. The molecular weight excluding hydrogens is 645 g/mol. The monoisotopic (exact) mass is 682 g/mol. The van der Waals surface area contributed by atoms with Gasteiger partial charge >= 0.3 is 18.1 Å². The zero-order chi connectivity index (χ0) is 36.2. The number of nitrogens with zero attached hydrogens (tertiary/aromatic N) is 4. The van der Waals surface area contributed by atoms with Gasteiger partial charge in [-0.1, -0.05) is 17.3 Å². The molecule has 0 fully saturated rings. The second kappa shape index (κ2) is 14.1. The lowest BCUT2D eigenvalue weighted by molar-refractivity contribution is -0.186. The molecule has 4 aromatic rings. The van der Waals surface area contributed by atoms with Crippen LogP contribution in [0.1, 0.15) is 75.9 Å². The predicted molar refractivity (Wildman–Crippen MR) is 171 cm³/mol. The standard InChI is InChI=1S/C35H37F3N4O7/c1-32(2,3)48-30(45)34(31(46)49-33(4,5)6,16-18-42-29(44)28-26(40-41-42)11-8-17-39-28)20-27(43)23-12-14-25(15-13-23)47-21-22-9-7-10-24(19-22)35(36,37)38/h7-15,17,19H,16,18,20-21H2,1-6H3. The van der Waals surface area contributed by atoms with Crippen molar-refractivity contribution >= 4 is 28.8 Å². The molecule has 0 N–H and O–H groups in total. The summed E-state index contributed by atoms with van der Waals surface area (Å²) < 4.78 is 57.2. The molecule has 0 saturated heterocycles. The van der Waals surface area contributed by atoms with Gasteiger partial charge < -0.3 is 14.2 Å². The van der Waals surface area contributed by atoms with Gasteiger partial charge in [0.15, 0.2) is 16.7 Å². The highest BCUT2D eigenvalue weighted by Gasteiger charge is 2.52. The number of rotatable bonds is 11. The maximum Gasteiger partial charge on any atom is 0.416 e. The van der Waals surface area contributed by atoms with Crippen molar-refractivity contribution in [3.8, 4) is 5.75 Å². The summed E-state index contributed by atoms with van der Waals surface area (Å²) >= 11 is 0. The molecule has 2 heterocycles. The van der Waals surface area contributed by atoms with E-state index in [2.05, 4.69) is 15.3 Å². The van der Waals surface area contributed by atoms with Gasteiger partial charge in [-0.25, -0.2) is 9.67 Å². The number of fused-ring (bicyclic) bond motifs is 1. The third kappa shape index (κ3) is 9.48. The Morgan fingerprint density at radius 1 is 0.837 bits per heavy atom. The van der Waals surface area contributed by atoms with E-state index < -0.39 is 64.5 Å². The summed E-state index contributed by atoms with van der Waals surface area (Å²) in [5, 5.41) is 7.94. The van der Waals surface area contributed by atoms with Crippen molar-refractivity contribution in [1.82, 2.24) is 20.0 Å². The number of pyridine rings is 1. The number of alkyl halides is 3. The fourth-order valence-electron chi connectivity index (χ4n) is 4.74. The van der Waals surface area contributed by atoms with Crippen molar-refractivity contribution in [2.24, 2.45) is 5.41 Å². The second-order valence-electron chi connectivity index (χ2n) is 13.4. The lowest BCUT2D eigenvalue weighted by atomic mass is 9.78. The molecule has 0 bridgehead atoms. The minimum absolute atomic E-state index is 0.0316. The SMILES string of the molecule is CC(C)(C)OC(=O)C(CCn1nnc2cccnc2c1=O)(CC(=O)c1ccc(OCc2cccc(C(F)(F)F)c2)cc1)C(=O)OC(C)(C)C. The predicted octanol–water partition coefficient (Wildman–Crippen LogP) is 6.12. The summed E-state index contributed by atoms with van der Waals surface area (Å²) in [6, 6.07) is 13.6. The lowest BCUT2D eigenvalue weighted by Crippen LogP contribution is -2.49. The van der Waals surface area contributed by atoms with Gasteiger partial charge in [-0.15, -0.1) is 5.10 Å². The molecule has 0 spiro atoms. The van der Waals surface area contributed by atoms with Crippen LogP contribution in [0.15, 0.2) is 71.7 Å². The number of carbonyl (C=O) groups is 3. The van der Waals surface area contributed by atoms with Crippen LogP contribution in [0.3, 0.4) is 0 Å². The molecule has 2 aromatic carbocycles. The number of ether oxygens (including phenoxy) is 3. The Hall–Kier alpha value is -5.14. The van der Waals surface area contributed by atoms with Gasteiger partial charge in [0.2, 0.25) is 0 Å².